The van der Waals surface area contributed by atoms with Crippen molar-refractivity contribution in [3.8, 4) is 11.5 Å². The van der Waals surface area contributed by atoms with Gasteiger partial charge in [-0.15, -0.1) is 0 Å². The number of ketones is 1. The van der Waals surface area contributed by atoms with E-state index in [1.165, 1.54) is 0 Å². The van der Waals surface area contributed by atoms with Crippen molar-refractivity contribution in [1.29, 1.82) is 0 Å². The number of furan rings is 1. The van der Waals surface area contributed by atoms with E-state index in [0.717, 1.165) is 10.9 Å². The molecule has 4 nitrogen and oxygen atoms in total. The summed E-state index contributed by atoms with van der Waals surface area (Å²) in [5.74, 6) is 1.52. The Hall–Kier alpha value is -1.97. The monoisotopic (exact) mass is 290 g/mol. The van der Waals surface area contributed by atoms with E-state index in [0.29, 0.717) is 36.1 Å². The number of ether oxygens (including phenoxy) is 2. The van der Waals surface area contributed by atoms with E-state index in [1.54, 1.807) is 0 Å². The van der Waals surface area contributed by atoms with Gasteiger partial charge in [0.2, 0.25) is 11.5 Å². The van der Waals surface area contributed by atoms with E-state index < -0.39 is 0 Å². The highest BCUT2D eigenvalue weighted by atomic mass is 16.5. The number of fused-ring (bicyclic) bond motifs is 1. The minimum Gasteiger partial charge on any atom is -0.490 e. The Morgan fingerprint density at radius 2 is 1.86 bits per heavy atom. The number of hydrogen-bond donors (Lipinski definition) is 0. The Kier molecular flexibility index (Phi) is 4.56. The topological polar surface area (TPSA) is 48.7 Å². The van der Waals surface area contributed by atoms with Gasteiger partial charge < -0.3 is 13.9 Å². The number of rotatable bonds is 6. The van der Waals surface area contributed by atoms with E-state index in [9.17, 15) is 4.79 Å². The number of benzene rings is 1. The first-order chi connectivity index (χ1) is 10.0. The standard InChI is InChI=1S/C17H22O4/c1-6-19-13-9-8-12-11(5)15(14(18)10(3)4)21-16(12)17(13)20-7-2/h8-10H,6-7H2,1-5H3. The van der Waals surface area contributed by atoms with Crippen LogP contribution in [0.3, 0.4) is 0 Å². The first kappa shape index (κ1) is 15.4. The molecule has 0 aliphatic rings. The Balaban J connectivity index is 2.66. The SMILES string of the molecule is CCOc1ccc2c(C)c(C(=O)C(C)C)oc2c1OCC. The normalized spacial score (nSPS) is 11.1. The quantitative estimate of drug-likeness (QED) is 0.741. The highest BCUT2D eigenvalue weighted by Gasteiger charge is 2.23. The molecule has 0 saturated carbocycles. The van der Waals surface area contributed by atoms with E-state index in [2.05, 4.69) is 0 Å². The molecule has 0 unspecified atom stereocenters. The Labute approximate surface area is 125 Å². The van der Waals surface area contributed by atoms with Crippen molar-refractivity contribution in [1.82, 2.24) is 0 Å². The van der Waals surface area contributed by atoms with Gasteiger partial charge in [-0.25, -0.2) is 0 Å². The summed E-state index contributed by atoms with van der Waals surface area (Å²) in [6.45, 7) is 10.5. The number of aryl methyl sites for hydroxylation is 1. The highest BCUT2D eigenvalue weighted by molar-refractivity contribution is 6.02. The third-order valence-electron chi connectivity index (χ3n) is 3.36. The molecule has 21 heavy (non-hydrogen) atoms. The molecule has 0 bridgehead atoms. The predicted octanol–water partition coefficient (Wildman–Crippen LogP) is 4.38. The maximum absolute atomic E-state index is 12.2. The largest absolute Gasteiger partial charge is 0.490 e. The molecule has 0 spiro atoms. The fourth-order valence-electron chi connectivity index (χ4n) is 2.29. The third-order valence-corrected chi connectivity index (χ3v) is 3.36. The fourth-order valence-corrected chi connectivity index (χ4v) is 2.29. The van der Waals surface area contributed by atoms with Crippen LogP contribution in [0.15, 0.2) is 16.5 Å². The van der Waals surface area contributed by atoms with Crippen LogP contribution in [0.2, 0.25) is 0 Å². The number of Topliss-reactive ketones (excluding diaryl/α,β-unsaturated/α-hetero) is 1. The lowest BCUT2D eigenvalue weighted by Crippen LogP contribution is -2.07. The average Bonchev–Trinajstić information content (AvgIpc) is 2.78. The summed E-state index contributed by atoms with van der Waals surface area (Å²) in [6, 6.07) is 3.78. The molecule has 0 atom stereocenters. The van der Waals surface area contributed by atoms with Crippen LogP contribution in [0.25, 0.3) is 11.0 Å². The number of hydrogen-bond acceptors (Lipinski definition) is 4. The fraction of sp³-hybridized carbons (Fsp3) is 0.471. The van der Waals surface area contributed by atoms with E-state index in [4.69, 9.17) is 13.9 Å². The lowest BCUT2D eigenvalue weighted by Gasteiger charge is -2.10. The minimum absolute atomic E-state index is 0.00380. The van der Waals surface area contributed by atoms with Crippen LogP contribution in [-0.2, 0) is 0 Å². The lowest BCUT2D eigenvalue weighted by atomic mass is 10.0. The van der Waals surface area contributed by atoms with Crippen molar-refractivity contribution in [2.24, 2.45) is 5.92 Å². The predicted molar refractivity (Wildman–Crippen MR) is 82.5 cm³/mol. The van der Waals surface area contributed by atoms with Gasteiger partial charge >= 0.3 is 0 Å². The molecule has 0 N–H and O–H groups in total. The molecule has 0 saturated heterocycles. The van der Waals surface area contributed by atoms with Crippen molar-refractivity contribution in [2.75, 3.05) is 13.2 Å². The molecule has 0 aliphatic carbocycles. The minimum atomic E-state index is -0.105. The highest BCUT2D eigenvalue weighted by Crippen LogP contribution is 2.40. The van der Waals surface area contributed by atoms with Gasteiger partial charge in [-0.2, -0.15) is 0 Å². The molecule has 0 amide bonds. The zero-order chi connectivity index (χ0) is 15.6. The first-order valence-electron chi connectivity index (χ1n) is 7.37. The van der Waals surface area contributed by atoms with Crippen LogP contribution in [0, 0.1) is 12.8 Å². The lowest BCUT2D eigenvalue weighted by molar-refractivity contribution is 0.0912. The molecule has 0 aliphatic heterocycles. The second kappa shape index (κ2) is 6.20. The van der Waals surface area contributed by atoms with Crippen LogP contribution in [-0.4, -0.2) is 19.0 Å². The third kappa shape index (κ3) is 2.75. The second-order valence-corrected chi connectivity index (χ2v) is 5.21. The molecule has 0 radical (unpaired) electrons. The van der Waals surface area contributed by atoms with Crippen LogP contribution in [0.5, 0.6) is 11.5 Å². The van der Waals surface area contributed by atoms with Crippen LogP contribution < -0.4 is 9.47 Å². The maximum atomic E-state index is 12.2. The molecule has 2 aromatic rings. The summed E-state index contributed by atoms with van der Waals surface area (Å²) in [5, 5.41) is 0.894. The molecule has 114 valence electrons. The number of carbonyl (C=O) groups is 1. The van der Waals surface area contributed by atoms with Crippen molar-refractivity contribution >= 4 is 16.8 Å². The molecule has 0 fully saturated rings. The van der Waals surface area contributed by atoms with Gasteiger partial charge in [0.05, 0.1) is 13.2 Å². The maximum Gasteiger partial charge on any atom is 0.204 e. The number of carbonyl (C=O) groups excluding carboxylic acids is 1. The summed E-state index contributed by atoms with van der Waals surface area (Å²) in [4.78, 5) is 12.2. The zero-order valence-electron chi connectivity index (χ0n) is 13.3. The average molecular weight is 290 g/mol. The van der Waals surface area contributed by atoms with Crippen LogP contribution in [0.1, 0.15) is 43.8 Å². The van der Waals surface area contributed by atoms with Crippen molar-refractivity contribution in [2.45, 2.75) is 34.6 Å². The van der Waals surface area contributed by atoms with E-state index in [-0.39, 0.29) is 11.7 Å². The van der Waals surface area contributed by atoms with Gasteiger partial charge in [0.15, 0.2) is 17.1 Å². The summed E-state index contributed by atoms with van der Waals surface area (Å²) in [7, 11) is 0. The Morgan fingerprint density at radius 3 is 2.43 bits per heavy atom. The van der Waals surface area contributed by atoms with Gasteiger partial charge in [-0.05, 0) is 32.9 Å². The first-order valence-corrected chi connectivity index (χ1v) is 7.37. The molecule has 2 rings (SSSR count). The smallest absolute Gasteiger partial charge is 0.204 e. The van der Waals surface area contributed by atoms with E-state index in [1.807, 2.05) is 46.8 Å². The van der Waals surface area contributed by atoms with Crippen molar-refractivity contribution < 1.29 is 18.7 Å². The summed E-state index contributed by atoms with van der Waals surface area (Å²) >= 11 is 0. The molecule has 1 aromatic carbocycles. The molecule has 1 heterocycles. The Bertz CT molecular complexity index is 652. The van der Waals surface area contributed by atoms with Crippen LogP contribution in [0.4, 0.5) is 0 Å². The molecule has 4 heteroatoms. The summed E-state index contributed by atoms with van der Waals surface area (Å²) in [6.07, 6.45) is 0. The summed E-state index contributed by atoms with van der Waals surface area (Å²) in [5.41, 5.74) is 1.44. The van der Waals surface area contributed by atoms with Crippen molar-refractivity contribution in [3.63, 3.8) is 0 Å². The van der Waals surface area contributed by atoms with Gasteiger partial charge in [-0.3, -0.25) is 4.79 Å². The van der Waals surface area contributed by atoms with E-state index >= 15 is 0 Å². The van der Waals surface area contributed by atoms with Gasteiger partial charge in [0.25, 0.3) is 0 Å². The molecular formula is C17H22O4. The van der Waals surface area contributed by atoms with Crippen LogP contribution >= 0.6 is 0 Å². The van der Waals surface area contributed by atoms with Gasteiger partial charge in [-0.1, -0.05) is 13.8 Å². The van der Waals surface area contributed by atoms with Crippen molar-refractivity contribution in [3.05, 3.63) is 23.5 Å². The molecular weight excluding hydrogens is 268 g/mol. The molecule has 1 aromatic heterocycles. The second-order valence-electron chi connectivity index (χ2n) is 5.21. The van der Waals surface area contributed by atoms with Gasteiger partial charge in [0, 0.05) is 16.9 Å². The Morgan fingerprint density at radius 1 is 1.19 bits per heavy atom. The zero-order valence-corrected chi connectivity index (χ0v) is 13.3. The summed E-state index contributed by atoms with van der Waals surface area (Å²) < 4.78 is 17.1. The van der Waals surface area contributed by atoms with Gasteiger partial charge in [0.1, 0.15) is 0 Å².